The Bertz CT molecular complexity index is 1290. The Morgan fingerprint density at radius 2 is 1.74 bits per heavy atom. The van der Waals surface area contributed by atoms with Crippen molar-refractivity contribution in [2.75, 3.05) is 17.1 Å². The first-order valence-electron chi connectivity index (χ1n) is 12.8. The molecular weight excluding hydrogens is 508 g/mol. The van der Waals surface area contributed by atoms with Gasteiger partial charge in [0.15, 0.2) is 0 Å². The number of sulfonamides is 1. The molecular formula is C27H36N4O6S. The molecule has 38 heavy (non-hydrogen) atoms. The van der Waals surface area contributed by atoms with Gasteiger partial charge in [-0.15, -0.1) is 0 Å². The van der Waals surface area contributed by atoms with Crippen LogP contribution in [0.3, 0.4) is 0 Å². The van der Waals surface area contributed by atoms with Gasteiger partial charge in [0.1, 0.15) is 12.6 Å². The summed E-state index contributed by atoms with van der Waals surface area (Å²) in [5.74, 6) is -0.882. The van der Waals surface area contributed by atoms with E-state index in [1.807, 2.05) is 31.2 Å². The van der Waals surface area contributed by atoms with Gasteiger partial charge in [-0.2, -0.15) is 0 Å². The van der Waals surface area contributed by atoms with Crippen LogP contribution in [-0.4, -0.2) is 54.9 Å². The summed E-state index contributed by atoms with van der Waals surface area (Å²) >= 11 is 0. The van der Waals surface area contributed by atoms with E-state index in [9.17, 15) is 28.1 Å². The van der Waals surface area contributed by atoms with Crippen LogP contribution in [0.15, 0.2) is 42.5 Å². The zero-order valence-electron chi connectivity index (χ0n) is 22.3. The molecule has 0 radical (unpaired) electrons. The van der Waals surface area contributed by atoms with E-state index in [4.69, 9.17) is 0 Å². The topological polar surface area (TPSA) is 130 Å². The molecule has 0 spiro atoms. The number of nitro groups is 1. The van der Waals surface area contributed by atoms with Crippen molar-refractivity contribution in [2.45, 2.75) is 71.5 Å². The first kappa shape index (κ1) is 29.1. The number of amides is 2. The number of aryl methyl sites for hydroxylation is 2. The van der Waals surface area contributed by atoms with Crippen LogP contribution >= 0.6 is 0 Å². The highest BCUT2D eigenvalue weighted by Crippen LogP contribution is 2.28. The fourth-order valence-electron chi connectivity index (χ4n) is 4.70. The fraction of sp³-hybridized carbons (Fsp3) is 0.481. The third kappa shape index (κ3) is 7.31. The zero-order chi connectivity index (χ0) is 28.0. The molecule has 1 aliphatic carbocycles. The summed E-state index contributed by atoms with van der Waals surface area (Å²) in [6.45, 7) is 4.66. The van der Waals surface area contributed by atoms with Gasteiger partial charge in [-0.05, 0) is 50.3 Å². The highest BCUT2D eigenvalue weighted by molar-refractivity contribution is 7.92. The molecule has 2 amide bonds. The molecule has 1 saturated carbocycles. The molecule has 0 bridgehead atoms. The Kier molecular flexibility index (Phi) is 9.48. The summed E-state index contributed by atoms with van der Waals surface area (Å²) in [6.07, 6.45) is 5.94. The SMILES string of the molecule is Cc1ccccc1CN(C(=O)CN(c1cc([N+](=O)[O-])ccc1C)S(C)(=O)=O)[C@H](C)C(=O)NC1CCCCC1. The Morgan fingerprint density at radius 3 is 2.34 bits per heavy atom. The number of non-ortho nitro benzene ring substituents is 1. The first-order valence-corrected chi connectivity index (χ1v) is 14.6. The molecule has 1 aliphatic rings. The number of rotatable bonds is 10. The molecule has 206 valence electrons. The second-order valence-corrected chi connectivity index (χ2v) is 11.9. The number of carbonyl (C=O) groups is 2. The lowest BCUT2D eigenvalue weighted by Gasteiger charge is -2.33. The molecule has 1 atom stereocenters. The van der Waals surface area contributed by atoms with Crippen LogP contribution in [0.1, 0.15) is 55.7 Å². The van der Waals surface area contributed by atoms with E-state index in [-0.39, 0.29) is 29.9 Å². The molecule has 2 aromatic carbocycles. The summed E-state index contributed by atoms with van der Waals surface area (Å²) < 4.78 is 26.5. The van der Waals surface area contributed by atoms with Crippen LogP contribution in [0.2, 0.25) is 0 Å². The quantitative estimate of drug-likeness (QED) is 0.357. The van der Waals surface area contributed by atoms with Crippen molar-refractivity contribution in [3.63, 3.8) is 0 Å². The van der Waals surface area contributed by atoms with Crippen molar-refractivity contribution in [3.8, 4) is 0 Å². The van der Waals surface area contributed by atoms with Crippen molar-refractivity contribution in [1.29, 1.82) is 0 Å². The van der Waals surface area contributed by atoms with Gasteiger partial charge in [0.2, 0.25) is 21.8 Å². The van der Waals surface area contributed by atoms with Gasteiger partial charge >= 0.3 is 0 Å². The Balaban J connectivity index is 1.94. The third-order valence-corrected chi connectivity index (χ3v) is 8.20. The molecule has 10 nitrogen and oxygen atoms in total. The number of nitro benzene ring substituents is 1. The molecule has 1 N–H and O–H groups in total. The molecule has 0 aliphatic heterocycles. The van der Waals surface area contributed by atoms with Crippen LogP contribution in [0, 0.1) is 24.0 Å². The Labute approximate surface area is 224 Å². The van der Waals surface area contributed by atoms with Crippen molar-refractivity contribution in [3.05, 3.63) is 69.3 Å². The van der Waals surface area contributed by atoms with Gasteiger partial charge in [-0.1, -0.05) is 49.6 Å². The second kappa shape index (κ2) is 12.4. The van der Waals surface area contributed by atoms with Crippen LogP contribution in [0.4, 0.5) is 11.4 Å². The molecule has 2 aromatic rings. The predicted octanol–water partition coefficient (Wildman–Crippen LogP) is 3.84. The van der Waals surface area contributed by atoms with Crippen LogP contribution in [0.25, 0.3) is 0 Å². The van der Waals surface area contributed by atoms with Gasteiger partial charge < -0.3 is 10.2 Å². The van der Waals surface area contributed by atoms with Crippen LogP contribution in [0.5, 0.6) is 0 Å². The summed E-state index contributed by atoms with van der Waals surface area (Å²) in [7, 11) is -4.00. The molecule has 11 heteroatoms. The molecule has 0 saturated heterocycles. The average Bonchev–Trinajstić information content (AvgIpc) is 2.86. The van der Waals surface area contributed by atoms with Crippen molar-refractivity contribution in [2.24, 2.45) is 0 Å². The van der Waals surface area contributed by atoms with Crippen molar-refractivity contribution < 1.29 is 22.9 Å². The number of anilines is 1. The smallest absolute Gasteiger partial charge is 0.271 e. The molecule has 1 fully saturated rings. The van der Waals surface area contributed by atoms with E-state index in [0.717, 1.165) is 59.9 Å². The Morgan fingerprint density at radius 1 is 1.08 bits per heavy atom. The van der Waals surface area contributed by atoms with E-state index >= 15 is 0 Å². The second-order valence-electron chi connectivity index (χ2n) is 9.97. The first-order chi connectivity index (χ1) is 17.9. The highest BCUT2D eigenvalue weighted by atomic mass is 32.2. The summed E-state index contributed by atoms with van der Waals surface area (Å²) in [6, 6.07) is 10.5. The lowest BCUT2D eigenvalue weighted by Crippen LogP contribution is -2.53. The molecule has 0 aromatic heterocycles. The normalized spacial score (nSPS) is 14.9. The summed E-state index contributed by atoms with van der Waals surface area (Å²) in [4.78, 5) is 39.1. The molecule has 3 rings (SSSR count). The lowest BCUT2D eigenvalue weighted by atomic mass is 9.95. The van der Waals surface area contributed by atoms with Gasteiger partial charge in [-0.25, -0.2) is 8.42 Å². The summed E-state index contributed by atoms with van der Waals surface area (Å²) in [5, 5.41) is 14.4. The van der Waals surface area contributed by atoms with E-state index in [1.54, 1.807) is 13.8 Å². The Hall–Kier alpha value is -3.47. The number of hydrogen-bond acceptors (Lipinski definition) is 6. The maximum atomic E-state index is 13.8. The largest absolute Gasteiger partial charge is 0.352 e. The minimum atomic E-state index is -4.00. The van der Waals surface area contributed by atoms with Crippen molar-refractivity contribution >= 4 is 33.2 Å². The maximum absolute atomic E-state index is 13.8. The predicted molar refractivity (Wildman–Crippen MR) is 146 cm³/mol. The van der Waals surface area contributed by atoms with Crippen molar-refractivity contribution in [1.82, 2.24) is 10.2 Å². The van der Waals surface area contributed by atoms with Crippen LogP contribution in [-0.2, 0) is 26.2 Å². The molecule has 0 unspecified atom stereocenters. The van der Waals surface area contributed by atoms with E-state index in [0.29, 0.717) is 5.56 Å². The summed E-state index contributed by atoms with van der Waals surface area (Å²) in [5.41, 5.74) is 1.98. The van der Waals surface area contributed by atoms with E-state index in [1.165, 1.54) is 17.0 Å². The van der Waals surface area contributed by atoms with Gasteiger partial charge in [0.25, 0.3) is 5.69 Å². The monoisotopic (exact) mass is 544 g/mol. The highest BCUT2D eigenvalue weighted by Gasteiger charge is 2.32. The third-order valence-electron chi connectivity index (χ3n) is 7.07. The number of nitrogens with zero attached hydrogens (tertiary/aromatic N) is 3. The standard InChI is InChI=1S/C27H36N4O6S/c1-19-10-8-9-11-22(19)17-29(21(3)27(33)28-23-12-6-5-7-13-23)26(32)18-30(38(4,36)37)25-16-24(31(34)35)15-14-20(25)2/h8-11,14-16,21,23H,5-7,12-13,17-18H2,1-4H3,(H,28,33)/t21-/m1/s1. The van der Waals surface area contributed by atoms with Gasteiger partial charge in [-0.3, -0.25) is 24.0 Å². The number of hydrogen-bond donors (Lipinski definition) is 1. The fourth-order valence-corrected chi connectivity index (χ4v) is 5.60. The number of nitrogens with one attached hydrogen (secondary N) is 1. The molecule has 0 heterocycles. The lowest BCUT2D eigenvalue weighted by molar-refractivity contribution is -0.384. The maximum Gasteiger partial charge on any atom is 0.271 e. The minimum Gasteiger partial charge on any atom is -0.352 e. The van der Waals surface area contributed by atoms with Gasteiger partial charge in [0, 0.05) is 24.7 Å². The van der Waals surface area contributed by atoms with E-state index < -0.39 is 33.4 Å². The van der Waals surface area contributed by atoms with Crippen LogP contribution < -0.4 is 9.62 Å². The zero-order valence-corrected chi connectivity index (χ0v) is 23.2. The minimum absolute atomic E-state index is 0.0465. The number of carbonyl (C=O) groups excluding carboxylic acids is 2. The number of benzene rings is 2. The van der Waals surface area contributed by atoms with Gasteiger partial charge in [0.05, 0.1) is 16.9 Å². The average molecular weight is 545 g/mol. The van der Waals surface area contributed by atoms with E-state index in [2.05, 4.69) is 5.32 Å².